The first kappa shape index (κ1) is 48.3. The Hall–Kier alpha value is -6.70. The van der Waals surface area contributed by atoms with Crippen molar-refractivity contribution in [1.82, 2.24) is 20.9 Å². The number of carbonyl (C=O) groups excluding carboxylic acids is 6. The predicted octanol–water partition coefficient (Wildman–Crippen LogP) is 6.50. The van der Waals surface area contributed by atoms with Gasteiger partial charge in [0, 0.05) is 19.4 Å². The number of esters is 2. The Morgan fingerprint density at radius 3 is 1.89 bits per heavy atom. The Balaban J connectivity index is 1.35. The first-order valence-electron chi connectivity index (χ1n) is 21.9. The van der Waals surface area contributed by atoms with Crippen LogP contribution < -0.4 is 20.7 Å². The number of hydrogen-bond acceptors (Lipinski definition) is 10. The van der Waals surface area contributed by atoms with Gasteiger partial charge in [-0.15, -0.1) is 0 Å². The molecular formula is C50H60N4O10. The molecule has 5 rings (SSSR count). The van der Waals surface area contributed by atoms with Gasteiger partial charge in [-0.1, -0.05) is 91.0 Å². The van der Waals surface area contributed by atoms with Crippen molar-refractivity contribution in [3.8, 4) is 5.75 Å². The highest BCUT2D eigenvalue weighted by Crippen LogP contribution is 2.22. The Morgan fingerprint density at radius 2 is 1.25 bits per heavy atom. The molecule has 340 valence electrons. The predicted molar refractivity (Wildman–Crippen MR) is 240 cm³/mol. The van der Waals surface area contributed by atoms with Crippen LogP contribution in [0, 0.1) is 0 Å². The highest BCUT2D eigenvalue weighted by atomic mass is 16.6. The van der Waals surface area contributed by atoms with Crippen LogP contribution in [0.2, 0.25) is 0 Å². The van der Waals surface area contributed by atoms with Crippen molar-refractivity contribution in [2.45, 2.75) is 109 Å². The summed E-state index contributed by atoms with van der Waals surface area (Å²) in [6.07, 6.45) is 1.14. The third-order valence-electron chi connectivity index (χ3n) is 10.4. The molecule has 4 aromatic rings. The van der Waals surface area contributed by atoms with Crippen LogP contribution >= 0.6 is 0 Å². The standard InChI is InChI=1S/C50H60N4O10/c1-5-61-39-28-26-36(27-29-39)32-41(51-44(55)40(53-49(60)64-50(2,3)4)24-15-16-31-62-47(58)38-22-13-8-14-23-38)45(56)52-42(33-35-18-9-6-10-19-35)46(57)54-30-17-25-43(54)48(59)63-34-37-20-11-7-12-21-37/h6-14,18-23,26-29,40-43H,5,15-17,24-25,30-34H2,1-4H3,(H,51,55)(H,52,56)(H,53,60)/t40-,41+,42-,43+/m0/s1. The molecule has 14 nitrogen and oxygen atoms in total. The van der Waals surface area contributed by atoms with E-state index in [4.69, 9.17) is 18.9 Å². The lowest BCUT2D eigenvalue weighted by Gasteiger charge is -2.30. The number of hydrogen-bond donors (Lipinski definition) is 3. The molecule has 0 radical (unpaired) electrons. The average Bonchev–Trinajstić information content (AvgIpc) is 3.78. The van der Waals surface area contributed by atoms with E-state index >= 15 is 0 Å². The maximum Gasteiger partial charge on any atom is 0.408 e. The SMILES string of the molecule is CCOc1ccc(C[C@@H](NC(=O)[C@H](CCCCOC(=O)c2ccccc2)NC(=O)OC(C)(C)C)C(=O)N[C@@H](Cc2ccccc2)C(=O)N2CCC[C@@H]2C(=O)OCc2ccccc2)cc1. The monoisotopic (exact) mass is 876 g/mol. The molecule has 0 aromatic heterocycles. The molecule has 1 aliphatic heterocycles. The summed E-state index contributed by atoms with van der Waals surface area (Å²) in [6, 6.07) is 29.8. The van der Waals surface area contributed by atoms with Gasteiger partial charge in [-0.25, -0.2) is 14.4 Å². The lowest BCUT2D eigenvalue weighted by Crippen LogP contribution is -2.59. The van der Waals surface area contributed by atoms with Gasteiger partial charge in [-0.05, 0) is 101 Å². The summed E-state index contributed by atoms with van der Waals surface area (Å²) in [5, 5.41) is 8.44. The second kappa shape index (κ2) is 24.2. The molecule has 1 saturated heterocycles. The van der Waals surface area contributed by atoms with Gasteiger partial charge in [0.25, 0.3) is 0 Å². The van der Waals surface area contributed by atoms with E-state index in [1.165, 1.54) is 4.90 Å². The van der Waals surface area contributed by atoms with Crippen molar-refractivity contribution in [3.63, 3.8) is 0 Å². The lowest BCUT2D eigenvalue weighted by atomic mass is 10.0. The fourth-order valence-electron chi connectivity index (χ4n) is 7.22. The van der Waals surface area contributed by atoms with E-state index in [0.717, 1.165) is 11.1 Å². The maximum absolute atomic E-state index is 14.6. The van der Waals surface area contributed by atoms with Gasteiger partial charge in [0.1, 0.15) is 42.1 Å². The Morgan fingerprint density at radius 1 is 0.672 bits per heavy atom. The van der Waals surface area contributed by atoms with Crippen molar-refractivity contribution >= 4 is 35.8 Å². The van der Waals surface area contributed by atoms with E-state index in [0.29, 0.717) is 55.7 Å². The number of nitrogens with zero attached hydrogens (tertiary/aromatic N) is 1. The fourth-order valence-corrected chi connectivity index (χ4v) is 7.22. The van der Waals surface area contributed by atoms with Crippen LogP contribution in [0.4, 0.5) is 4.79 Å². The summed E-state index contributed by atoms with van der Waals surface area (Å²) in [4.78, 5) is 83.8. The van der Waals surface area contributed by atoms with Gasteiger partial charge >= 0.3 is 18.0 Å². The smallest absolute Gasteiger partial charge is 0.408 e. The topological polar surface area (TPSA) is 179 Å². The minimum Gasteiger partial charge on any atom is -0.494 e. The molecule has 4 atom stereocenters. The first-order valence-corrected chi connectivity index (χ1v) is 21.9. The first-order chi connectivity index (χ1) is 30.8. The molecule has 1 aliphatic rings. The number of rotatable bonds is 21. The van der Waals surface area contributed by atoms with E-state index in [2.05, 4.69) is 16.0 Å². The summed E-state index contributed by atoms with van der Waals surface area (Å²) < 4.78 is 22.2. The van der Waals surface area contributed by atoms with E-state index in [1.807, 2.05) is 67.6 Å². The highest BCUT2D eigenvalue weighted by molar-refractivity contribution is 5.95. The van der Waals surface area contributed by atoms with Gasteiger partial charge in [-0.3, -0.25) is 14.4 Å². The number of amides is 4. The second-order valence-corrected chi connectivity index (χ2v) is 16.6. The van der Waals surface area contributed by atoms with Crippen LogP contribution in [0.5, 0.6) is 5.75 Å². The van der Waals surface area contributed by atoms with Gasteiger partial charge in [0.05, 0.1) is 18.8 Å². The zero-order valence-corrected chi connectivity index (χ0v) is 37.1. The number of benzene rings is 4. The summed E-state index contributed by atoms with van der Waals surface area (Å²) in [5.41, 5.74) is 1.83. The minimum atomic E-state index is -1.23. The van der Waals surface area contributed by atoms with Crippen LogP contribution in [0.15, 0.2) is 115 Å². The zero-order valence-electron chi connectivity index (χ0n) is 37.1. The highest BCUT2D eigenvalue weighted by Gasteiger charge is 2.39. The largest absolute Gasteiger partial charge is 0.494 e. The minimum absolute atomic E-state index is 0.0168. The van der Waals surface area contributed by atoms with Crippen LogP contribution in [-0.4, -0.2) is 90.2 Å². The van der Waals surface area contributed by atoms with Crippen molar-refractivity contribution < 1.29 is 47.7 Å². The van der Waals surface area contributed by atoms with Crippen LogP contribution in [0.25, 0.3) is 0 Å². The lowest BCUT2D eigenvalue weighted by molar-refractivity contribution is -0.155. The summed E-state index contributed by atoms with van der Waals surface area (Å²) in [7, 11) is 0. The quantitative estimate of drug-likeness (QED) is 0.0476. The number of unbranched alkanes of at least 4 members (excludes halogenated alkanes) is 1. The molecule has 1 heterocycles. The molecule has 4 aromatic carbocycles. The molecule has 1 fully saturated rings. The number of likely N-dealkylation sites (tertiary alicyclic amines) is 1. The Labute approximate surface area is 375 Å². The van der Waals surface area contributed by atoms with Gasteiger partial charge in [0.15, 0.2) is 0 Å². The van der Waals surface area contributed by atoms with Crippen molar-refractivity contribution in [1.29, 1.82) is 0 Å². The molecule has 0 spiro atoms. The molecule has 0 bridgehead atoms. The maximum atomic E-state index is 14.6. The van der Waals surface area contributed by atoms with Crippen molar-refractivity contribution in [3.05, 3.63) is 138 Å². The van der Waals surface area contributed by atoms with Gasteiger partial charge < -0.3 is 39.8 Å². The number of carbonyl (C=O) groups is 6. The van der Waals surface area contributed by atoms with Gasteiger partial charge in [-0.2, -0.15) is 0 Å². The van der Waals surface area contributed by atoms with Crippen LogP contribution in [0.1, 0.15) is 86.8 Å². The van der Waals surface area contributed by atoms with E-state index in [9.17, 15) is 28.8 Å². The third kappa shape index (κ3) is 15.6. The molecule has 4 amide bonds. The number of ether oxygens (including phenoxy) is 4. The second-order valence-electron chi connectivity index (χ2n) is 16.6. The fraction of sp³-hybridized carbons (Fsp3) is 0.400. The number of nitrogens with one attached hydrogen (secondary N) is 3. The molecule has 14 heteroatoms. The Bertz CT molecular complexity index is 2130. The van der Waals surface area contributed by atoms with E-state index < -0.39 is 65.5 Å². The van der Waals surface area contributed by atoms with E-state index in [-0.39, 0.29) is 32.5 Å². The molecular weight excluding hydrogens is 817 g/mol. The normalized spacial score (nSPS) is 14.9. The molecule has 0 saturated carbocycles. The van der Waals surface area contributed by atoms with Crippen LogP contribution in [0.3, 0.4) is 0 Å². The molecule has 64 heavy (non-hydrogen) atoms. The zero-order chi connectivity index (χ0) is 45.9. The average molecular weight is 877 g/mol. The summed E-state index contributed by atoms with van der Waals surface area (Å²) in [6.45, 7) is 7.86. The molecule has 3 N–H and O–H groups in total. The van der Waals surface area contributed by atoms with E-state index in [1.54, 1.807) is 75.4 Å². The molecule has 0 aliphatic carbocycles. The van der Waals surface area contributed by atoms with Crippen molar-refractivity contribution in [2.24, 2.45) is 0 Å². The summed E-state index contributed by atoms with van der Waals surface area (Å²) >= 11 is 0. The number of alkyl carbamates (subject to hydrolysis) is 1. The Kier molecular flexibility index (Phi) is 18.3. The van der Waals surface area contributed by atoms with Crippen LogP contribution in [-0.2, 0) is 52.8 Å². The third-order valence-corrected chi connectivity index (χ3v) is 10.4. The van der Waals surface area contributed by atoms with Crippen molar-refractivity contribution in [2.75, 3.05) is 19.8 Å². The summed E-state index contributed by atoms with van der Waals surface area (Å²) in [5.74, 6) is -2.15. The molecule has 0 unspecified atom stereocenters. The van der Waals surface area contributed by atoms with Gasteiger partial charge in [0.2, 0.25) is 17.7 Å².